The average Bonchev–Trinajstić information content (AvgIpc) is 2.67. The van der Waals surface area contributed by atoms with Crippen LogP contribution in [0.5, 0.6) is 0 Å². The first-order valence-corrected chi connectivity index (χ1v) is 10.1. The second-order valence-electron chi connectivity index (χ2n) is 7.42. The Bertz CT molecular complexity index is 638. The summed E-state index contributed by atoms with van der Waals surface area (Å²) in [6, 6.07) is 7.88. The molecule has 1 aliphatic rings. The molecular weight excluding hydrogens is 358 g/mol. The summed E-state index contributed by atoms with van der Waals surface area (Å²) in [5, 5.41) is 21.0. The molecule has 1 unspecified atom stereocenters. The van der Waals surface area contributed by atoms with Gasteiger partial charge in [0.05, 0.1) is 19.3 Å². The van der Waals surface area contributed by atoms with Crippen molar-refractivity contribution < 1.29 is 19.8 Å². The number of amides is 2. The standard InChI is InChI=1S/C21H33N3O4/c1-17(26)24-12-8-4-2-3-7-11-23(14-18-9-5-6-10-20(18)24)15-21(28)22-13-19(27)16-25/h5-6,9-10,19,25,27H,2-4,7-8,11-16H2,1H3,(H,22,28). The Morgan fingerprint density at radius 2 is 1.79 bits per heavy atom. The van der Waals surface area contributed by atoms with Crippen LogP contribution in [-0.4, -0.2) is 65.8 Å². The van der Waals surface area contributed by atoms with E-state index in [2.05, 4.69) is 10.2 Å². The molecule has 1 aliphatic heterocycles. The van der Waals surface area contributed by atoms with E-state index in [1.165, 1.54) is 0 Å². The molecule has 1 atom stereocenters. The van der Waals surface area contributed by atoms with E-state index in [9.17, 15) is 14.7 Å². The van der Waals surface area contributed by atoms with Gasteiger partial charge in [0.2, 0.25) is 11.8 Å². The molecule has 3 N–H and O–H groups in total. The van der Waals surface area contributed by atoms with E-state index in [4.69, 9.17) is 5.11 Å². The number of hydrogen-bond donors (Lipinski definition) is 3. The van der Waals surface area contributed by atoms with E-state index < -0.39 is 6.10 Å². The predicted molar refractivity (Wildman–Crippen MR) is 109 cm³/mol. The summed E-state index contributed by atoms with van der Waals surface area (Å²) in [5.41, 5.74) is 1.94. The van der Waals surface area contributed by atoms with Crippen molar-refractivity contribution in [3.8, 4) is 0 Å². The maximum atomic E-state index is 12.3. The molecule has 0 saturated heterocycles. The minimum absolute atomic E-state index is 0.0341. The van der Waals surface area contributed by atoms with E-state index >= 15 is 0 Å². The van der Waals surface area contributed by atoms with Gasteiger partial charge in [-0.15, -0.1) is 0 Å². The maximum Gasteiger partial charge on any atom is 0.234 e. The fraction of sp³-hybridized carbons (Fsp3) is 0.619. The number of anilines is 1. The van der Waals surface area contributed by atoms with E-state index in [-0.39, 0.29) is 31.5 Å². The predicted octanol–water partition coefficient (Wildman–Crippen LogP) is 1.28. The number of benzene rings is 1. The van der Waals surface area contributed by atoms with Gasteiger partial charge in [0.1, 0.15) is 0 Å². The van der Waals surface area contributed by atoms with Crippen LogP contribution in [0.2, 0.25) is 0 Å². The van der Waals surface area contributed by atoms with Gasteiger partial charge < -0.3 is 20.4 Å². The molecule has 0 saturated carbocycles. The van der Waals surface area contributed by atoms with E-state index in [1.54, 1.807) is 6.92 Å². The van der Waals surface area contributed by atoms with E-state index in [0.717, 1.165) is 49.9 Å². The first kappa shape index (κ1) is 22.3. The van der Waals surface area contributed by atoms with Crippen LogP contribution in [0.1, 0.15) is 44.6 Å². The molecule has 2 amide bonds. The number of fused-ring (bicyclic) bond motifs is 1. The molecular formula is C21H33N3O4. The van der Waals surface area contributed by atoms with Gasteiger partial charge in [-0.2, -0.15) is 0 Å². The molecule has 0 bridgehead atoms. The van der Waals surface area contributed by atoms with E-state index in [1.807, 2.05) is 29.2 Å². The second kappa shape index (κ2) is 11.8. The SMILES string of the molecule is CC(=O)N1CCCCCCCN(CC(=O)NCC(O)CO)Cc2ccccc21. The Kier molecular flexibility index (Phi) is 9.40. The van der Waals surface area contributed by atoms with Crippen molar-refractivity contribution in [2.75, 3.05) is 37.7 Å². The number of hydrogen-bond acceptors (Lipinski definition) is 5. The number of nitrogens with zero attached hydrogens (tertiary/aromatic N) is 2. The van der Waals surface area contributed by atoms with Crippen molar-refractivity contribution in [1.82, 2.24) is 10.2 Å². The lowest BCUT2D eigenvalue weighted by Crippen LogP contribution is -2.41. The Balaban J connectivity index is 2.14. The zero-order chi connectivity index (χ0) is 20.4. The van der Waals surface area contributed by atoms with Crippen LogP contribution in [0.25, 0.3) is 0 Å². The molecule has 28 heavy (non-hydrogen) atoms. The maximum absolute atomic E-state index is 12.3. The normalized spacial score (nSPS) is 17.8. The van der Waals surface area contributed by atoms with Gasteiger partial charge in [0.15, 0.2) is 0 Å². The molecule has 7 heteroatoms. The third-order valence-corrected chi connectivity index (χ3v) is 5.03. The van der Waals surface area contributed by atoms with E-state index in [0.29, 0.717) is 13.1 Å². The fourth-order valence-electron chi connectivity index (χ4n) is 3.50. The van der Waals surface area contributed by atoms with Crippen molar-refractivity contribution in [1.29, 1.82) is 0 Å². The van der Waals surface area contributed by atoms with Gasteiger partial charge >= 0.3 is 0 Å². The number of aliphatic hydroxyl groups is 2. The molecule has 1 aromatic rings. The van der Waals surface area contributed by atoms with Crippen LogP contribution in [0, 0.1) is 0 Å². The van der Waals surface area contributed by atoms with Crippen molar-refractivity contribution in [3.63, 3.8) is 0 Å². The summed E-state index contributed by atoms with van der Waals surface area (Å²) in [4.78, 5) is 28.4. The summed E-state index contributed by atoms with van der Waals surface area (Å²) < 4.78 is 0. The van der Waals surface area contributed by atoms with Crippen molar-refractivity contribution in [2.24, 2.45) is 0 Å². The average molecular weight is 392 g/mol. The molecule has 156 valence electrons. The number of carbonyl (C=O) groups excluding carboxylic acids is 2. The van der Waals surface area contributed by atoms with Gasteiger partial charge in [-0.1, -0.05) is 37.5 Å². The highest BCUT2D eigenvalue weighted by molar-refractivity contribution is 5.92. The van der Waals surface area contributed by atoms with Crippen LogP contribution < -0.4 is 10.2 Å². The van der Waals surface area contributed by atoms with Gasteiger partial charge in [-0.05, 0) is 31.0 Å². The number of aliphatic hydroxyl groups excluding tert-OH is 2. The Hall–Kier alpha value is -1.96. The van der Waals surface area contributed by atoms with Crippen molar-refractivity contribution in [3.05, 3.63) is 29.8 Å². The molecule has 2 rings (SSSR count). The molecule has 0 aliphatic carbocycles. The lowest BCUT2D eigenvalue weighted by molar-refractivity contribution is -0.123. The van der Waals surface area contributed by atoms with Crippen molar-refractivity contribution >= 4 is 17.5 Å². The van der Waals surface area contributed by atoms with Gasteiger partial charge in [-0.25, -0.2) is 0 Å². The highest BCUT2D eigenvalue weighted by atomic mass is 16.3. The minimum atomic E-state index is -0.944. The number of rotatable bonds is 5. The molecule has 1 aromatic carbocycles. The largest absolute Gasteiger partial charge is 0.394 e. The fourth-order valence-corrected chi connectivity index (χ4v) is 3.50. The quantitative estimate of drug-likeness (QED) is 0.703. The lowest BCUT2D eigenvalue weighted by Gasteiger charge is -2.28. The van der Waals surface area contributed by atoms with Crippen LogP contribution in [0.15, 0.2) is 24.3 Å². The van der Waals surface area contributed by atoms with Crippen LogP contribution >= 0.6 is 0 Å². The molecule has 0 aromatic heterocycles. The minimum Gasteiger partial charge on any atom is -0.394 e. The van der Waals surface area contributed by atoms with Gasteiger partial charge in [0.25, 0.3) is 0 Å². The molecule has 0 fully saturated rings. The van der Waals surface area contributed by atoms with Crippen LogP contribution in [0.3, 0.4) is 0 Å². The molecule has 0 spiro atoms. The van der Waals surface area contributed by atoms with Crippen LogP contribution in [0.4, 0.5) is 5.69 Å². The topological polar surface area (TPSA) is 93.1 Å². The Morgan fingerprint density at radius 3 is 2.50 bits per heavy atom. The zero-order valence-electron chi connectivity index (χ0n) is 16.8. The Labute approximate surface area is 167 Å². The smallest absolute Gasteiger partial charge is 0.234 e. The first-order valence-electron chi connectivity index (χ1n) is 10.1. The third-order valence-electron chi connectivity index (χ3n) is 5.03. The number of nitrogens with one attached hydrogen (secondary N) is 1. The second-order valence-corrected chi connectivity index (χ2v) is 7.42. The number of carbonyl (C=O) groups is 2. The van der Waals surface area contributed by atoms with Gasteiger partial charge in [-0.3, -0.25) is 14.5 Å². The monoisotopic (exact) mass is 391 g/mol. The van der Waals surface area contributed by atoms with Crippen LogP contribution in [-0.2, 0) is 16.1 Å². The summed E-state index contributed by atoms with van der Waals surface area (Å²) in [7, 11) is 0. The number of para-hydroxylation sites is 1. The highest BCUT2D eigenvalue weighted by Gasteiger charge is 2.19. The lowest BCUT2D eigenvalue weighted by atomic mass is 10.1. The summed E-state index contributed by atoms with van der Waals surface area (Å²) in [6.07, 6.45) is 4.38. The van der Waals surface area contributed by atoms with Gasteiger partial charge in [0, 0.05) is 32.2 Å². The highest BCUT2D eigenvalue weighted by Crippen LogP contribution is 2.24. The summed E-state index contributed by atoms with van der Waals surface area (Å²) in [6.45, 7) is 3.56. The third kappa shape index (κ3) is 7.22. The first-order chi connectivity index (χ1) is 13.5. The molecule has 7 nitrogen and oxygen atoms in total. The molecule has 1 heterocycles. The van der Waals surface area contributed by atoms with Crippen molar-refractivity contribution in [2.45, 2.75) is 51.7 Å². The summed E-state index contributed by atoms with van der Waals surface area (Å²) >= 11 is 0. The Morgan fingerprint density at radius 1 is 1.11 bits per heavy atom. The summed E-state index contributed by atoms with van der Waals surface area (Å²) in [5.74, 6) is -0.146. The molecule has 0 radical (unpaired) electrons. The zero-order valence-corrected chi connectivity index (χ0v) is 16.8.